The number of nitrogens with one attached hydrogen (secondary N) is 1. The van der Waals surface area contributed by atoms with E-state index in [1.165, 1.54) is 30.5 Å². The van der Waals surface area contributed by atoms with E-state index in [0.717, 1.165) is 25.0 Å². The van der Waals surface area contributed by atoms with Gasteiger partial charge < -0.3 is 5.32 Å². The Labute approximate surface area is 110 Å². The molecule has 2 aliphatic rings. The van der Waals surface area contributed by atoms with Crippen molar-refractivity contribution >= 4 is 0 Å². The van der Waals surface area contributed by atoms with Gasteiger partial charge in [-0.1, -0.05) is 0 Å². The number of aryl methyl sites for hydroxylation is 1. The molecule has 3 heteroatoms. The van der Waals surface area contributed by atoms with Gasteiger partial charge in [0.2, 0.25) is 0 Å². The summed E-state index contributed by atoms with van der Waals surface area (Å²) in [5, 5.41) is 3.71. The highest BCUT2D eigenvalue weighted by Gasteiger charge is 2.35. The maximum Gasteiger partial charge on any atom is 0.0300 e. The van der Waals surface area contributed by atoms with E-state index in [4.69, 9.17) is 0 Å². The van der Waals surface area contributed by atoms with Crippen LogP contribution >= 0.6 is 0 Å². The summed E-state index contributed by atoms with van der Waals surface area (Å²) in [6.07, 6.45) is 6.73. The van der Waals surface area contributed by atoms with Crippen molar-refractivity contribution in [3.8, 4) is 0 Å². The van der Waals surface area contributed by atoms with E-state index in [2.05, 4.69) is 35.1 Å². The monoisotopic (exact) mass is 245 g/mol. The second-order valence-corrected chi connectivity index (χ2v) is 5.93. The lowest BCUT2D eigenvalue weighted by molar-refractivity contribution is 0.125. The summed E-state index contributed by atoms with van der Waals surface area (Å²) in [6.45, 7) is 7.89. The number of pyridine rings is 1. The predicted molar refractivity (Wildman–Crippen MR) is 73.4 cm³/mol. The van der Waals surface area contributed by atoms with Crippen LogP contribution in [0.4, 0.5) is 0 Å². The fourth-order valence-corrected chi connectivity index (χ4v) is 2.88. The molecule has 2 atom stereocenters. The summed E-state index contributed by atoms with van der Waals surface area (Å²) in [4.78, 5) is 6.81. The molecule has 1 saturated heterocycles. The third-order valence-corrected chi connectivity index (χ3v) is 4.43. The van der Waals surface area contributed by atoms with E-state index in [-0.39, 0.29) is 0 Å². The molecule has 18 heavy (non-hydrogen) atoms. The molecule has 0 radical (unpaired) electrons. The van der Waals surface area contributed by atoms with Crippen molar-refractivity contribution in [1.29, 1.82) is 0 Å². The van der Waals surface area contributed by atoms with Gasteiger partial charge in [0.1, 0.15) is 0 Å². The lowest BCUT2D eigenvalue weighted by Crippen LogP contribution is -2.55. The van der Waals surface area contributed by atoms with Crippen molar-refractivity contribution in [2.24, 2.45) is 5.92 Å². The molecular formula is C15H23N3. The molecule has 0 amide bonds. The Hall–Kier alpha value is -0.930. The van der Waals surface area contributed by atoms with Crippen LogP contribution in [-0.2, 0) is 6.54 Å². The minimum Gasteiger partial charge on any atom is -0.311 e. The van der Waals surface area contributed by atoms with Gasteiger partial charge in [0, 0.05) is 44.1 Å². The number of hydrogen-bond donors (Lipinski definition) is 1. The maximum atomic E-state index is 4.18. The molecular weight excluding hydrogens is 222 g/mol. The molecule has 1 aromatic heterocycles. The highest BCUT2D eigenvalue weighted by Crippen LogP contribution is 2.34. The van der Waals surface area contributed by atoms with Gasteiger partial charge in [-0.15, -0.1) is 0 Å². The number of nitrogens with zero attached hydrogens (tertiary/aromatic N) is 2. The number of rotatable bonds is 3. The molecule has 1 aromatic rings. The molecule has 3 nitrogen and oxygen atoms in total. The second kappa shape index (κ2) is 4.98. The van der Waals surface area contributed by atoms with Crippen LogP contribution in [0.3, 0.4) is 0 Å². The second-order valence-electron chi connectivity index (χ2n) is 5.93. The van der Waals surface area contributed by atoms with Gasteiger partial charge in [-0.25, -0.2) is 0 Å². The quantitative estimate of drug-likeness (QED) is 0.882. The van der Waals surface area contributed by atoms with Crippen LogP contribution in [0.5, 0.6) is 0 Å². The van der Waals surface area contributed by atoms with Crippen molar-refractivity contribution in [3.05, 3.63) is 29.6 Å². The minimum absolute atomic E-state index is 0.632. The van der Waals surface area contributed by atoms with E-state index < -0.39 is 0 Å². The molecule has 0 aromatic carbocycles. The molecule has 0 spiro atoms. The SMILES string of the molecule is Cc1cnccc1CN1CC(C2CC2)NCC1C. The summed E-state index contributed by atoms with van der Waals surface area (Å²) < 4.78 is 0. The molecule has 3 rings (SSSR count). The van der Waals surface area contributed by atoms with E-state index in [1.54, 1.807) is 0 Å². The third kappa shape index (κ3) is 2.57. The van der Waals surface area contributed by atoms with Gasteiger partial charge in [0.15, 0.2) is 0 Å². The smallest absolute Gasteiger partial charge is 0.0300 e. The normalized spacial score (nSPS) is 29.4. The summed E-state index contributed by atoms with van der Waals surface area (Å²) in [7, 11) is 0. The summed E-state index contributed by atoms with van der Waals surface area (Å²) in [5.41, 5.74) is 2.74. The Morgan fingerprint density at radius 3 is 3.00 bits per heavy atom. The maximum absolute atomic E-state index is 4.18. The predicted octanol–water partition coefficient (Wildman–Crippen LogP) is 1.96. The van der Waals surface area contributed by atoms with E-state index >= 15 is 0 Å². The van der Waals surface area contributed by atoms with Crippen LogP contribution in [-0.4, -0.2) is 35.1 Å². The summed E-state index contributed by atoms with van der Waals surface area (Å²) in [6, 6.07) is 3.52. The molecule has 98 valence electrons. The Morgan fingerprint density at radius 2 is 2.28 bits per heavy atom. The van der Waals surface area contributed by atoms with Gasteiger partial charge in [-0.3, -0.25) is 9.88 Å². The fourth-order valence-electron chi connectivity index (χ4n) is 2.88. The average Bonchev–Trinajstić information content (AvgIpc) is 3.19. The summed E-state index contributed by atoms with van der Waals surface area (Å²) >= 11 is 0. The lowest BCUT2D eigenvalue weighted by atomic mass is 10.0. The Kier molecular flexibility index (Phi) is 3.35. The zero-order chi connectivity index (χ0) is 12.5. The van der Waals surface area contributed by atoms with Gasteiger partial charge in [0.25, 0.3) is 0 Å². The van der Waals surface area contributed by atoms with Gasteiger partial charge in [0.05, 0.1) is 0 Å². The van der Waals surface area contributed by atoms with Crippen LogP contribution in [0, 0.1) is 12.8 Å². The van der Waals surface area contributed by atoms with Crippen molar-refractivity contribution in [2.45, 2.75) is 45.3 Å². The number of hydrogen-bond acceptors (Lipinski definition) is 3. The van der Waals surface area contributed by atoms with Gasteiger partial charge in [-0.05, 0) is 49.8 Å². The first kappa shape index (κ1) is 12.1. The third-order valence-electron chi connectivity index (χ3n) is 4.43. The Balaban J connectivity index is 1.68. The topological polar surface area (TPSA) is 28.2 Å². The molecule has 1 aliphatic heterocycles. The van der Waals surface area contributed by atoms with E-state index in [9.17, 15) is 0 Å². The zero-order valence-electron chi connectivity index (χ0n) is 11.4. The molecule has 2 fully saturated rings. The van der Waals surface area contributed by atoms with Crippen LogP contribution < -0.4 is 5.32 Å². The molecule has 2 heterocycles. The van der Waals surface area contributed by atoms with E-state index in [0.29, 0.717) is 6.04 Å². The molecule has 1 saturated carbocycles. The molecule has 1 N–H and O–H groups in total. The molecule has 1 aliphatic carbocycles. The van der Waals surface area contributed by atoms with Gasteiger partial charge >= 0.3 is 0 Å². The van der Waals surface area contributed by atoms with Crippen LogP contribution in [0.1, 0.15) is 30.9 Å². The molecule has 0 bridgehead atoms. The number of piperazine rings is 1. The first-order valence-electron chi connectivity index (χ1n) is 7.11. The lowest BCUT2D eigenvalue weighted by Gasteiger charge is -2.39. The standard InChI is InChI=1S/C15H23N3/c1-11-7-16-6-5-14(11)9-18-10-15(13-3-4-13)17-8-12(18)2/h5-7,12-13,15,17H,3-4,8-10H2,1-2H3. The zero-order valence-corrected chi connectivity index (χ0v) is 11.4. The van der Waals surface area contributed by atoms with E-state index in [1.807, 2.05) is 12.4 Å². The first-order chi connectivity index (χ1) is 8.74. The van der Waals surface area contributed by atoms with Crippen molar-refractivity contribution in [2.75, 3.05) is 13.1 Å². The Bertz CT molecular complexity index is 414. The highest BCUT2D eigenvalue weighted by molar-refractivity contribution is 5.21. The largest absolute Gasteiger partial charge is 0.311 e. The number of aromatic nitrogens is 1. The van der Waals surface area contributed by atoms with Gasteiger partial charge in [-0.2, -0.15) is 0 Å². The van der Waals surface area contributed by atoms with Crippen LogP contribution in [0.15, 0.2) is 18.5 Å². The first-order valence-corrected chi connectivity index (χ1v) is 7.11. The Morgan fingerprint density at radius 1 is 1.44 bits per heavy atom. The molecule has 2 unspecified atom stereocenters. The van der Waals surface area contributed by atoms with Crippen LogP contribution in [0.25, 0.3) is 0 Å². The highest BCUT2D eigenvalue weighted by atomic mass is 15.2. The minimum atomic E-state index is 0.632. The van der Waals surface area contributed by atoms with Crippen molar-refractivity contribution < 1.29 is 0 Å². The van der Waals surface area contributed by atoms with Crippen molar-refractivity contribution in [1.82, 2.24) is 15.2 Å². The van der Waals surface area contributed by atoms with Crippen molar-refractivity contribution in [3.63, 3.8) is 0 Å². The average molecular weight is 245 g/mol. The fraction of sp³-hybridized carbons (Fsp3) is 0.667. The summed E-state index contributed by atoms with van der Waals surface area (Å²) in [5.74, 6) is 0.943. The van der Waals surface area contributed by atoms with Crippen LogP contribution in [0.2, 0.25) is 0 Å².